The summed E-state index contributed by atoms with van der Waals surface area (Å²) in [5, 5.41) is 5.08. The summed E-state index contributed by atoms with van der Waals surface area (Å²) < 4.78 is 43.6. The summed E-state index contributed by atoms with van der Waals surface area (Å²) in [6.45, 7) is 1.58. The molecule has 0 fully saturated rings. The predicted octanol–water partition coefficient (Wildman–Crippen LogP) is 5.37. The first-order chi connectivity index (χ1) is 12.8. The number of hydrogen-bond acceptors (Lipinski definition) is 4. The number of amides is 1. The highest BCUT2D eigenvalue weighted by molar-refractivity contribution is 7.13. The van der Waals surface area contributed by atoms with Crippen LogP contribution in [0.2, 0.25) is 0 Å². The van der Waals surface area contributed by atoms with Crippen LogP contribution in [0.25, 0.3) is 10.6 Å². The molecule has 140 valence electrons. The maximum absolute atomic E-state index is 12.6. The highest BCUT2D eigenvalue weighted by atomic mass is 32.1. The number of ether oxygens (including phenoxy) is 1. The zero-order valence-corrected chi connectivity index (χ0v) is 15.0. The topological polar surface area (TPSA) is 51.2 Å². The Balaban J connectivity index is 1.69. The second-order valence-corrected chi connectivity index (χ2v) is 6.54. The molecule has 1 amide bonds. The summed E-state index contributed by atoms with van der Waals surface area (Å²) in [5.74, 6) is 0.307. The Morgan fingerprint density at radius 3 is 2.52 bits per heavy atom. The summed E-state index contributed by atoms with van der Waals surface area (Å²) in [7, 11) is 0. The molecule has 4 nitrogen and oxygen atoms in total. The summed E-state index contributed by atoms with van der Waals surface area (Å²) in [4.78, 5) is 15.6. The molecule has 1 heterocycles. The largest absolute Gasteiger partial charge is 0.485 e. The molecule has 3 aromatic rings. The van der Waals surface area contributed by atoms with Gasteiger partial charge in [-0.15, -0.1) is 11.3 Å². The first kappa shape index (κ1) is 18.9. The van der Waals surface area contributed by atoms with Crippen molar-refractivity contribution >= 4 is 22.9 Å². The molecule has 2 aromatic carbocycles. The van der Waals surface area contributed by atoms with Gasteiger partial charge in [-0.3, -0.25) is 4.79 Å². The number of halogens is 3. The standard InChI is InChI=1S/C19H15F3N2O2S/c1-12(25)23-16-4-2-3-5-17(16)26-10-15-11-27-18(24-15)13-6-8-14(9-7-13)19(20,21)22/h2-9,11H,10H2,1H3,(H,23,25). The minimum atomic E-state index is -4.36. The number of carbonyl (C=O) groups is 1. The Labute approximate surface area is 157 Å². The van der Waals surface area contributed by atoms with Gasteiger partial charge in [0.2, 0.25) is 5.91 Å². The van der Waals surface area contributed by atoms with E-state index in [9.17, 15) is 18.0 Å². The summed E-state index contributed by atoms with van der Waals surface area (Å²) in [6, 6.07) is 11.9. The molecule has 0 saturated heterocycles. The lowest BCUT2D eigenvalue weighted by Crippen LogP contribution is -2.07. The van der Waals surface area contributed by atoms with Crippen molar-refractivity contribution in [2.45, 2.75) is 19.7 Å². The van der Waals surface area contributed by atoms with Crippen LogP contribution in [0, 0.1) is 0 Å². The highest BCUT2D eigenvalue weighted by Gasteiger charge is 2.30. The molecule has 0 bridgehead atoms. The zero-order valence-electron chi connectivity index (χ0n) is 14.2. The van der Waals surface area contributed by atoms with Gasteiger partial charge in [-0.25, -0.2) is 4.98 Å². The number of carbonyl (C=O) groups excluding carboxylic acids is 1. The molecule has 1 aromatic heterocycles. The molecule has 0 spiro atoms. The van der Waals surface area contributed by atoms with Crippen LogP contribution in [0.1, 0.15) is 18.2 Å². The lowest BCUT2D eigenvalue weighted by Gasteiger charge is -2.10. The van der Waals surface area contributed by atoms with Gasteiger partial charge in [-0.1, -0.05) is 24.3 Å². The van der Waals surface area contributed by atoms with E-state index in [1.165, 1.54) is 30.4 Å². The number of alkyl halides is 3. The average molecular weight is 392 g/mol. The fraction of sp³-hybridized carbons (Fsp3) is 0.158. The van der Waals surface area contributed by atoms with E-state index >= 15 is 0 Å². The Kier molecular flexibility index (Phi) is 5.46. The second kappa shape index (κ2) is 7.79. The van der Waals surface area contributed by atoms with Crippen molar-refractivity contribution in [1.29, 1.82) is 0 Å². The van der Waals surface area contributed by atoms with E-state index in [-0.39, 0.29) is 12.5 Å². The Hall–Kier alpha value is -2.87. The van der Waals surface area contributed by atoms with Gasteiger partial charge in [0.1, 0.15) is 17.4 Å². The molecule has 0 radical (unpaired) electrons. The van der Waals surface area contributed by atoms with Crippen LogP contribution in [0.5, 0.6) is 5.75 Å². The molecule has 3 rings (SSSR count). The zero-order chi connectivity index (χ0) is 19.4. The van der Waals surface area contributed by atoms with E-state index < -0.39 is 11.7 Å². The molecule has 0 aliphatic carbocycles. The predicted molar refractivity (Wildman–Crippen MR) is 97.6 cm³/mol. The second-order valence-electron chi connectivity index (χ2n) is 5.69. The monoisotopic (exact) mass is 392 g/mol. The van der Waals surface area contributed by atoms with Gasteiger partial charge in [0.25, 0.3) is 0 Å². The van der Waals surface area contributed by atoms with Crippen molar-refractivity contribution in [3.63, 3.8) is 0 Å². The van der Waals surface area contributed by atoms with E-state index in [1.807, 2.05) is 0 Å². The summed E-state index contributed by atoms with van der Waals surface area (Å²) in [6.07, 6.45) is -4.36. The Morgan fingerprint density at radius 2 is 1.85 bits per heavy atom. The number of rotatable bonds is 5. The molecule has 8 heteroatoms. The summed E-state index contributed by atoms with van der Waals surface area (Å²) >= 11 is 1.32. The Bertz CT molecular complexity index is 937. The first-order valence-corrected chi connectivity index (χ1v) is 8.82. The average Bonchev–Trinajstić information content (AvgIpc) is 3.09. The van der Waals surface area contributed by atoms with Crippen LogP contribution in [-0.2, 0) is 17.6 Å². The number of thiazole rings is 1. The van der Waals surface area contributed by atoms with Crippen LogP contribution in [0.15, 0.2) is 53.9 Å². The third kappa shape index (κ3) is 4.85. The SMILES string of the molecule is CC(=O)Nc1ccccc1OCc1csc(-c2ccc(C(F)(F)F)cc2)n1. The molecule has 0 atom stereocenters. The number of hydrogen-bond donors (Lipinski definition) is 1. The maximum Gasteiger partial charge on any atom is 0.416 e. The van der Waals surface area contributed by atoms with Crippen LogP contribution in [0.4, 0.5) is 18.9 Å². The number of aromatic nitrogens is 1. The maximum atomic E-state index is 12.6. The quantitative estimate of drug-likeness (QED) is 0.635. The van der Waals surface area contributed by atoms with Crippen LogP contribution in [0.3, 0.4) is 0 Å². The fourth-order valence-corrected chi connectivity index (χ4v) is 3.16. The highest BCUT2D eigenvalue weighted by Crippen LogP contribution is 2.32. The minimum absolute atomic E-state index is 0.174. The third-order valence-corrected chi connectivity index (χ3v) is 4.52. The summed E-state index contributed by atoms with van der Waals surface area (Å²) in [5.41, 5.74) is 1.12. The van der Waals surface area contributed by atoms with Crippen LogP contribution >= 0.6 is 11.3 Å². The van der Waals surface area contributed by atoms with E-state index in [2.05, 4.69) is 10.3 Å². The molecule has 0 saturated carbocycles. The lowest BCUT2D eigenvalue weighted by atomic mass is 10.1. The molecular formula is C19H15F3N2O2S. The first-order valence-electron chi connectivity index (χ1n) is 7.94. The molecular weight excluding hydrogens is 377 g/mol. The molecule has 1 N–H and O–H groups in total. The van der Waals surface area contributed by atoms with Gasteiger partial charge in [0, 0.05) is 17.9 Å². The van der Waals surface area contributed by atoms with Crippen molar-refractivity contribution in [3.05, 3.63) is 65.2 Å². The normalized spacial score (nSPS) is 11.3. The minimum Gasteiger partial charge on any atom is -0.485 e. The van der Waals surface area contributed by atoms with Crippen molar-refractivity contribution in [2.75, 3.05) is 5.32 Å². The third-order valence-electron chi connectivity index (χ3n) is 3.58. The number of nitrogens with one attached hydrogen (secondary N) is 1. The van der Waals surface area contributed by atoms with Gasteiger partial charge < -0.3 is 10.1 Å². The smallest absolute Gasteiger partial charge is 0.416 e. The van der Waals surface area contributed by atoms with Crippen molar-refractivity contribution < 1.29 is 22.7 Å². The van der Waals surface area contributed by atoms with Crippen molar-refractivity contribution in [2.24, 2.45) is 0 Å². The Morgan fingerprint density at radius 1 is 1.15 bits per heavy atom. The van der Waals surface area contributed by atoms with Gasteiger partial charge in [-0.05, 0) is 24.3 Å². The number of nitrogens with zero attached hydrogens (tertiary/aromatic N) is 1. The number of benzene rings is 2. The van der Waals surface area contributed by atoms with Gasteiger partial charge in [-0.2, -0.15) is 13.2 Å². The van der Waals surface area contributed by atoms with Gasteiger partial charge in [0.15, 0.2) is 0 Å². The number of para-hydroxylation sites is 2. The molecule has 0 aliphatic heterocycles. The van der Waals surface area contributed by atoms with E-state index in [4.69, 9.17) is 4.74 Å². The fourth-order valence-electron chi connectivity index (χ4n) is 2.34. The number of anilines is 1. The van der Waals surface area contributed by atoms with Crippen LogP contribution < -0.4 is 10.1 Å². The van der Waals surface area contributed by atoms with Crippen LogP contribution in [-0.4, -0.2) is 10.9 Å². The molecule has 27 heavy (non-hydrogen) atoms. The van der Waals surface area contributed by atoms with Gasteiger partial charge in [0.05, 0.1) is 16.9 Å². The van der Waals surface area contributed by atoms with E-state index in [0.717, 1.165) is 12.1 Å². The van der Waals surface area contributed by atoms with Gasteiger partial charge >= 0.3 is 6.18 Å². The van der Waals surface area contributed by atoms with Crippen molar-refractivity contribution in [3.8, 4) is 16.3 Å². The lowest BCUT2D eigenvalue weighted by molar-refractivity contribution is -0.137. The van der Waals surface area contributed by atoms with E-state index in [1.54, 1.807) is 29.6 Å². The molecule has 0 unspecified atom stereocenters. The van der Waals surface area contributed by atoms with Crippen molar-refractivity contribution in [1.82, 2.24) is 4.98 Å². The van der Waals surface area contributed by atoms with E-state index in [0.29, 0.717) is 27.7 Å². The molecule has 0 aliphatic rings.